The van der Waals surface area contributed by atoms with Gasteiger partial charge in [-0.25, -0.2) is 0 Å². The second-order valence-corrected chi connectivity index (χ2v) is 8.34. The van der Waals surface area contributed by atoms with Crippen LogP contribution in [-0.2, 0) is 6.42 Å². The van der Waals surface area contributed by atoms with Crippen LogP contribution in [0.25, 0.3) is 21.9 Å². The lowest BCUT2D eigenvalue weighted by atomic mass is 10.0. The summed E-state index contributed by atoms with van der Waals surface area (Å²) in [6.45, 7) is 2.14. The molecule has 0 aliphatic heterocycles. The molecule has 31 heavy (non-hydrogen) atoms. The number of aryl methyl sites for hydroxylation is 1. The van der Waals surface area contributed by atoms with Crippen molar-refractivity contribution in [3.63, 3.8) is 0 Å². The zero-order valence-corrected chi connectivity index (χ0v) is 17.5. The van der Waals surface area contributed by atoms with E-state index in [4.69, 9.17) is 0 Å². The molecule has 0 amide bonds. The molecule has 148 valence electrons. The van der Waals surface area contributed by atoms with Gasteiger partial charge in [0.1, 0.15) is 0 Å². The van der Waals surface area contributed by atoms with Gasteiger partial charge in [-0.3, -0.25) is 0 Å². The van der Waals surface area contributed by atoms with Crippen LogP contribution >= 0.6 is 0 Å². The molecule has 5 aromatic rings. The van der Waals surface area contributed by atoms with Crippen molar-refractivity contribution < 1.29 is 0 Å². The quantitative estimate of drug-likeness (QED) is 0.291. The van der Waals surface area contributed by atoms with E-state index in [9.17, 15) is 0 Å². The summed E-state index contributed by atoms with van der Waals surface area (Å²) in [6, 6.07) is 39.7. The van der Waals surface area contributed by atoms with Crippen molar-refractivity contribution in [2.45, 2.75) is 13.3 Å². The predicted octanol–water partition coefficient (Wildman–Crippen LogP) is 8.19. The molecule has 1 aliphatic rings. The van der Waals surface area contributed by atoms with Gasteiger partial charge in [-0.2, -0.15) is 0 Å². The third kappa shape index (κ3) is 3.02. The van der Waals surface area contributed by atoms with Gasteiger partial charge in [0.15, 0.2) is 0 Å². The first-order valence-electron chi connectivity index (χ1n) is 10.8. The van der Waals surface area contributed by atoms with Gasteiger partial charge in [-0.15, -0.1) is 0 Å². The highest BCUT2D eigenvalue weighted by atomic mass is 15.1. The summed E-state index contributed by atoms with van der Waals surface area (Å²) in [5, 5.41) is 2.51. The average Bonchev–Trinajstić information content (AvgIpc) is 3.19. The Kier molecular flexibility index (Phi) is 4.14. The summed E-state index contributed by atoms with van der Waals surface area (Å²) in [4.78, 5) is 2.39. The summed E-state index contributed by atoms with van der Waals surface area (Å²) in [6.07, 6.45) is 1.02. The smallest absolute Gasteiger partial charge is 0.0540 e. The summed E-state index contributed by atoms with van der Waals surface area (Å²) in [7, 11) is 0. The van der Waals surface area contributed by atoms with Crippen molar-refractivity contribution >= 4 is 27.8 Å². The SMILES string of the molecule is Cc1ccc(N(c2ccc3c(c2)-c2ccccc2C3)c2cccc3ccccc23)cc1. The van der Waals surface area contributed by atoms with E-state index in [1.54, 1.807) is 0 Å². The Balaban J connectivity index is 1.59. The molecule has 5 aromatic carbocycles. The third-order valence-corrected chi connectivity index (χ3v) is 6.34. The monoisotopic (exact) mass is 397 g/mol. The topological polar surface area (TPSA) is 3.24 Å². The lowest BCUT2D eigenvalue weighted by Gasteiger charge is -2.27. The average molecular weight is 398 g/mol. The molecule has 0 fully saturated rings. The molecule has 0 saturated carbocycles. The Morgan fingerprint density at radius 3 is 2.19 bits per heavy atom. The Labute approximate surface area is 183 Å². The number of hydrogen-bond donors (Lipinski definition) is 0. The molecule has 0 unspecified atom stereocenters. The van der Waals surface area contributed by atoms with Crippen molar-refractivity contribution in [1.82, 2.24) is 0 Å². The maximum absolute atomic E-state index is 2.39. The molecule has 1 aliphatic carbocycles. The molecule has 0 atom stereocenters. The fraction of sp³-hybridized carbons (Fsp3) is 0.0667. The summed E-state index contributed by atoms with van der Waals surface area (Å²) >= 11 is 0. The third-order valence-electron chi connectivity index (χ3n) is 6.34. The Hall–Kier alpha value is -3.84. The van der Waals surface area contributed by atoms with E-state index in [-0.39, 0.29) is 0 Å². The second-order valence-electron chi connectivity index (χ2n) is 8.34. The van der Waals surface area contributed by atoms with Gasteiger partial charge in [0, 0.05) is 16.8 Å². The second kappa shape index (κ2) is 7.14. The standard InChI is InChI=1S/C30H23N/c1-21-13-16-25(17-14-21)31(30-12-6-9-22-7-2-5-11-28(22)30)26-18-15-24-19-23-8-3-4-10-27(23)29(24)20-26/h2-18,20H,19H2,1H3. The van der Waals surface area contributed by atoms with Crippen molar-refractivity contribution in [2.75, 3.05) is 4.90 Å². The van der Waals surface area contributed by atoms with Crippen molar-refractivity contribution in [3.8, 4) is 11.1 Å². The van der Waals surface area contributed by atoms with Gasteiger partial charge in [0.25, 0.3) is 0 Å². The van der Waals surface area contributed by atoms with Gasteiger partial charge in [-0.1, -0.05) is 84.4 Å². The highest BCUT2D eigenvalue weighted by Gasteiger charge is 2.21. The summed E-state index contributed by atoms with van der Waals surface area (Å²) in [5.41, 5.74) is 10.4. The van der Waals surface area contributed by atoms with E-state index in [1.165, 1.54) is 55.7 Å². The highest BCUT2D eigenvalue weighted by molar-refractivity contribution is 5.99. The molecule has 0 bridgehead atoms. The van der Waals surface area contributed by atoms with Crippen LogP contribution < -0.4 is 4.90 Å². The van der Waals surface area contributed by atoms with E-state index in [2.05, 4.69) is 121 Å². The fourth-order valence-corrected chi connectivity index (χ4v) is 4.78. The first kappa shape index (κ1) is 18.0. The molecular weight excluding hydrogens is 374 g/mol. The zero-order valence-electron chi connectivity index (χ0n) is 17.5. The van der Waals surface area contributed by atoms with Crippen LogP contribution in [0.3, 0.4) is 0 Å². The van der Waals surface area contributed by atoms with Crippen LogP contribution in [0.2, 0.25) is 0 Å². The maximum Gasteiger partial charge on any atom is 0.0540 e. The Morgan fingerprint density at radius 2 is 1.29 bits per heavy atom. The molecular formula is C30H23N. The predicted molar refractivity (Wildman–Crippen MR) is 132 cm³/mol. The zero-order chi connectivity index (χ0) is 20.8. The first-order valence-corrected chi connectivity index (χ1v) is 10.8. The lowest BCUT2D eigenvalue weighted by Crippen LogP contribution is -2.10. The van der Waals surface area contributed by atoms with E-state index in [0.717, 1.165) is 6.42 Å². The van der Waals surface area contributed by atoms with Crippen LogP contribution in [0.4, 0.5) is 17.1 Å². The molecule has 0 heterocycles. The minimum absolute atomic E-state index is 1.02. The minimum Gasteiger partial charge on any atom is -0.310 e. The molecule has 0 radical (unpaired) electrons. The molecule has 0 saturated heterocycles. The summed E-state index contributed by atoms with van der Waals surface area (Å²) < 4.78 is 0. The molecule has 0 N–H and O–H groups in total. The van der Waals surface area contributed by atoms with Gasteiger partial charge in [0.05, 0.1) is 5.69 Å². The molecule has 0 aromatic heterocycles. The normalized spacial score (nSPS) is 11.9. The van der Waals surface area contributed by atoms with Crippen LogP contribution in [0, 0.1) is 6.92 Å². The minimum atomic E-state index is 1.02. The lowest BCUT2D eigenvalue weighted by molar-refractivity contribution is 1.25. The van der Waals surface area contributed by atoms with E-state index in [0.29, 0.717) is 0 Å². The Morgan fingerprint density at radius 1 is 0.581 bits per heavy atom. The molecule has 0 spiro atoms. The summed E-state index contributed by atoms with van der Waals surface area (Å²) in [5.74, 6) is 0. The highest BCUT2D eigenvalue weighted by Crippen LogP contribution is 2.43. The number of rotatable bonds is 3. The van der Waals surface area contributed by atoms with Gasteiger partial charge in [0.2, 0.25) is 0 Å². The number of hydrogen-bond acceptors (Lipinski definition) is 1. The molecule has 1 nitrogen and oxygen atoms in total. The number of benzene rings is 5. The Bertz CT molecular complexity index is 1410. The van der Waals surface area contributed by atoms with Crippen LogP contribution in [0.5, 0.6) is 0 Å². The van der Waals surface area contributed by atoms with Crippen LogP contribution in [-0.4, -0.2) is 0 Å². The fourth-order valence-electron chi connectivity index (χ4n) is 4.78. The van der Waals surface area contributed by atoms with E-state index in [1.807, 2.05) is 0 Å². The van der Waals surface area contributed by atoms with Crippen LogP contribution in [0.15, 0.2) is 109 Å². The van der Waals surface area contributed by atoms with Crippen molar-refractivity contribution in [1.29, 1.82) is 0 Å². The molecule has 1 heteroatoms. The van der Waals surface area contributed by atoms with Crippen molar-refractivity contribution in [3.05, 3.63) is 126 Å². The van der Waals surface area contributed by atoms with Gasteiger partial charge >= 0.3 is 0 Å². The number of nitrogens with zero attached hydrogens (tertiary/aromatic N) is 1. The van der Waals surface area contributed by atoms with E-state index < -0.39 is 0 Å². The molecule has 6 rings (SSSR count). The maximum atomic E-state index is 2.39. The van der Waals surface area contributed by atoms with Crippen LogP contribution in [0.1, 0.15) is 16.7 Å². The van der Waals surface area contributed by atoms with Gasteiger partial charge < -0.3 is 4.90 Å². The number of anilines is 3. The van der Waals surface area contributed by atoms with E-state index >= 15 is 0 Å². The largest absolute Gasteiger partial charge is 0.310 e. The number of fused-ring (bicyclic) bond motifs is 4. The van der Waals surface area contributed by atoms with Gasteiger partial charge in [-0.05, 0) is 71.3 Å². The first-order chi connectivity index (χ1) is 15.3. The van der Waals surface area contributed by atoms with Crippen molar-refractivity contribution in [2.24, 2.45) is 0 Å².